The van der Waals surface area contributed by atoms with E-state index in [1.165, 1.54) is 28.7 Å². The Kier molecular flexibility index (Phi) is 4.82. The zero-order chi connectivity index (χ0) is 19.1. The summed E-state index contributed by atoms with van der Waals surface area (Å²) in [5.41, 5.74) is 1.82. The van der Waals surface area contributed by atoms with Gasteiger partial charge in [0.1, 0.15) is 0 Å². The van der Waals surface area contributed by atoms with Gasteiger partial charge >= 0.3 is 0 Å². The third-order valence-electron chi connectivity index (χ3n) is 6.51. The molecule has 0 atom stereocenters. The molecule has 1 saturated carbocycles. The van der Waals surface area contributed by atoms with Crippen LogP contribution in [0.2, 0.25) is 0 Å². The number of piperidine rings is 1. The molecule has 0 spiro atoms. The van der Waals surface area contributed by atoms with Crippen LogP contribution in [0.5, 0.6) is 0 Å². The average Bonchev–Trinajstić information content (AvgIpc) is 3.38. The van der Waals surface area contributed by atoms with Crippen LogP contribution in [0.4, 0.5) is 5.13 Å². The number of nitrogens with one attached hydrogen (secondary N) is 1. The summed E-state index contributed by atoms with van der Waals surface area (Å²) < 4.78 is 1.49. The van der Waals surface area contributed by atoms with Crippen molar-refractivity contribution in [1.82, 2.24) is 19.9 Å². The van der Waals surface area contributed by atoms with Gasteiger partial charge in [-0.2, -0.15) is 4.52 Å². The van der Waals surface area contributed by atoms with E-state index in [0.717, 1.165) is 80.8 Å². The minimum Gasteiger partial charge on any atom is -0.353 e. The van der Waals surface area contributed by atoms with Crippen LogP contribution in [0.25, 0.3) is 4.96 Å². The lowest BCUT2D eigenvalue weighted by Crippen LogP contribution is -2.43. The van der Waals surface area contributed by atoms with E-state index in [4.69, 9.17) is 4.98 Å². The highest BCUT2D eigenvalue weighted by Gasteiger charge is 2.29. The Morgan fingerprint density at radius 2 is 1.79 bits per heavy atom. The maximum absolute atomic E-state index is 12.8. The van der Waals surface area contributed by atoms with Gasteiger partial charge < -0.3 is 10.2 Å². The Hall–Kier alpha value is -1.96. The Bertz CT molecular complexity index is 938. The molecule has 5 rings (SSSR count). The highest BCUT2D eigenvalue weighted by Crippen LogP contribution is 2.28. The van der Waals surface area contributed by atoms with Crippen molar-refractivity contribution in [2.75, 3.05) is 18.0 Å². The van der Waals surface area contributed by atoms with Crippen molar-refractivity contribution in [2.45, 2.75) is 70.3 Å². The van der Waals surface area contributed by atoms with Crippen molar-refractivity contribution < 1.29 is 4.79 Å². The van der Waals surface area contributed by atoms with Gasteiger partial charge in [-0.1, -0.05) is 24.2 Å². The summed E-state index contributed by atoms with van der Waals surface area (Å²) in [6.07, 6.45) is 10.3. The second-order valence-corrected chi connectivity index (χ2v) is 9.31. The van der Waals surface area contributed by atoms with Gasteiger partial charge in [0.2, 0.25) is 16.0 Å². The molecular weight excluding hydrogens is 374 g/mol. The van der Waals surface area contributed by atoms with Crippen LogP contribution in [0.1, 0.15) is 62.6 Å². The van der Waals surface area contributed by atoms with E-state index in [0.29, 0.717) is 11.0 Å². The molecule has 2 aromatic heterocycles. The third kappa shape index (κ3) is 3.32. The number of rotatable bonds is 3. The van der Waals surface area contributed by atoms with Gasteiger partial charge in [0.05, 0.1) is 5.69 Å². The van der Waals surface area contributed by atoms with Crippen LogP contribution in [0, 0.1) is 5.92 Å². The lowest BCUT2D eigenvalue weighted by molar-refractivity contribution is -0.126. The molecule has 1 N–H and O–H groups in total. The van der Waals surface area contributed by atoms with Gasteiger partial charge in [0.25, 0.3) is 5.56 Å². The lowest BCUT2D eigenvalue weighted by Gasteiger charge is -2.31. The van der Waals surface area contributed by atoms with Crippen LogP contribution in [-0.2, 0) is 17.6 Å². The SMILES string of the molecule is O=C(NC1CCCC1)C1CCN(c2nn3c(=O)c4c(nc3s2)CCCC4)CC1. The van der Waals surface area contributed by atoms with E-state index in [1.807, 2.05) is 0 Å². The standard InChI is InChI=1S/C20H27N5O2S/c26-17(21-14-5-1-2-6-14)13-9-11-24(12-10-13)20-23-25-18(27)15-7-3-4-8-16(15)22-19(25)28-20/h13-14H,1-12H2,(H,21,26). The number of carbonyl (C=O) groups is 1. The number of anilines is 1. The van der Waals surface area contributed by atoms with E-state index < -0.39 is 0 Å². The lowest BCUT2D eigenvalue weighted by atomic mass is 9.96. The predicted octanol–water partition coefficient (Wildman–Crippen LogP) is 2.30. The van der Waals surface area contributed by atoms with Crippen LogP contribution in [0.15, 0.2) is 4.79 Å². The number of nitrogens with zero attached hydrogens (tertiary/aromatic N) is 4. The summed E-state index contributed by atoms with van der Waals surface area (Å²) in [6.45, 7) is 1.61. The third-order valence-corrected chi connectivity index (χ3v) is 7.48. The fourth-order valence-corrected chi connectivity index (χ4v) is 5.78. The molecule has 0 bridgehead atoms. The van der Waals surface area contributed by atoms with Gasteiger partial charge in [-0.05, 0) is 51.4 Å². The second kappa shape index (κ2) is 7.46. The smallest absolute Gasteiger partial charge is 0.278 e. The Morgan fingerprint density at radius 3 is 2.57 bits per heavy atom. The molecule has 2 aliphatic carbocycles. The van der Waals surface area contributed by atoms with E-state index in [-0.39, 0.29) is 17.4 Å². The van der Waals surface area contributed by atoms with E-state index in [9.17, 15) is 9.59 Å². The fraction of sp³-hybridized carbons (Fsp3) is 0.700. The molecule has 28 heavy (non-hydrogen) atoms. The first-order valence-corrected chi connectivity index (χ1v) is 11.5. The van der Waals surface area contributed by atoms with Crippen molar-refractivity contribution in [3.8, 4) is 0 Å². The molecule has 150 valence electrons. The van der Waals surface area contributed by atoms with Crippen LogP contribution in [-0.4, -0.2) is 39.6 Å². The predicted molar refractivity (Wildman–Crippen MR) is 109 cm³/mol. The first kappa shape index (κ1) is 18.1. The summed E-state index contributed by atoms with van der Waals surface area (Å²) in [6, 6.07) is 0.388. The molecule has 1 amide bonds. The van der Waals surface area contributed by atoms with Gasteiger partial charge in [-0.25, -0.2) is 4.98 Å². The number of aryl methyl sites for hydroxylation is 1. The van der Waals surface area contributed by atoms with Crippen molar-refractivity contribution in [3.05, 3.63) is 21.6 Å². The maximum atomic E-state index is 12.8. The molecule has 8 heteroatoms. The Morgan fingerprint density at radius 1 is 1.04 bits per heavy atom. The minimum atomic E-state index is 0.00743. The second-order valence-electron chi connectivity index (χ2n) is 8.38. The molecule has 7 nitrogen and oxygen atoms in total. The molecule has 0 radical (unpaired) electrons. The topological polar surface area (TPSA) is 79.6 Å². The number of hydrogen-bond donors (Lipinski definition) is 1. The van der Waals surface area contributed by atoms with Gasteiger partial charge in [0, 0.05) is 30.6 Å². The van der Waals surface area contributed by atoms with E-state index in [1.54, 1.807) is 0 Å². The maximum Gasteiger partial charge on any atom is 0.278 e. The molecular formula is C20H27N5O2S. The van der Waals surface area contributed by atoms with Crippen molar-refractivity contribution in [3.63, 3.8) is 0 Å². The number of carbonyl (C=O) groups excluding carboxylic acids is 1. The van der Waals surface area contributed by atoms with Crippen molar-refractivity contribution in [1.29, 1.82) is 0 Å². The number of amides is 1. The van der Waals surface area contributed by atoms with Crippen molar-refractivity contribution in [2.24, 2.45) is 5.92 Å². The fourth-order valence-electron chi connectivity index (χ4n) is 4.81. The monoisotopic (exact) mass is 401 g/mol. The molecule has 2 fully saturated rings. The zero-order valence-corrected chi connectivity index (χ0v) is 17.0. The van der Waals surface area contributed by atoms with Gasteiger partial charge in [0.15, 0.2) is 0 Å². The molecule has 0 unspecified atom stereocenters. The van der Waals surface area contributed by atoms with Gasteiger partial charge in [-0.3, -0.25) is 9.59 Å². The number of aromatic nitrogens is 3. The highest BCUT2D eigenvalue weighted by molar-refractivity contribution is 7.20. The Labute approximate surface area is 168 Å². The quantitative estimate of drug-likeness (QED) is 0.854. The molecule has 1 aliphatic heterocycles. The molecule has 3 heterocycles. The molecule has 1 saturated heterocycles. The van der Waals surface area contributed by atoms with Crippen LogP contribution >= 0.6 is 11.3 Å². The number of hydrogen-bond acceptors (Lipinski definition) is 6. The van der Waals surface area contributed by atoms with Gasteiger partial charge in [-0.15, -0.1) is 5.10 Å². The summed E-state index contributed by atoms with van der Waals surface area (Å²) in [5, 5.41) is 8.67. The zero-order valence-electron chi connectivity index (χ0n) is 16.2. The largest absolute Gasteiger partial charge is 0.353 e. The van der Waals surface area contributed by atoms with E-state index >= 15 is 0 Å². The number of fused-ring (bicyclic) bond motifs is 2. The molecule has 2 aromatic rings. The van der Waals surface area contributed by atoms with Crippen LogP contribution < -0.4 is 15.8 Å². The highest BCUT2D eigenvalue weighted by atomic mass is 32.1. The first-order chi connectivity index (χ1) is 13.7. The molecule has 0 aromatic carbocycles. The van der Waals surface area contributed by atoms with E-state index in [2.05, 4.69) is 15.3 Å². The van der Waals surface area contributed by atoms with Crippen LogP contribution in [0.3, 0.4) is 0 Å². The minimum absolute atomic E-state index is 0.00743. The summed E-state index contributed by atoms with van der Waals surface area (Å²) in [5.74, 6) is 0.320. The Balaban J connectivity index is 1.28. The summed E-state index contributed by atoms with van der Waals surface area (Å²) >= 11 is 1.49. The normalized spacial score (nSPS) is 21.2. The molecule has 3 aliphatic rings. The first-order valence-electron chi connectivity index (χ1n) is 10.7. The summed E-state index contributed by atoms with van der Waals surface area (Å²) in [7, 11) is 0. The van der Waals surface area contributed by atoms with Crippen molar-refractivity contribution >= 4 is 27.3 Å². The summed E-state index contributed by atoms with van der Waals surface area (Å²) in [4.78, 5) is 32.9. The average molecular weight is 402 g/mol.